The standard InChI is InChI=1S/C17H19N7O/c1-10-13(9-24(11(2)25)12-7-5-4-6-8-12)21-14-15(18)22-17(19)23(3)16(14)20-10/h4-8H,9H2,1-3H3,(H3,18,19,22). The second-order valence-corrected chi connectivity index (χ2v) is 5.75. The van der Waals surface area contributed by atoms with Gasteiger partial charge in [0.15, 0.2) is 11.5 Å². The molecule has 3 rings (SSSR count). The summed E-state index contributed by atoms with van der Waals surface area (Å²) in [6.07, 6.45) is 0. The third kappa shape index (κ3) is 3.06. The first-order chi connectivity index (χ1) is 11.9. The van der Waals surface area contributed by atoms with Gasteiger partial charge < -0.3 is 10.6 Å². The van der Waals surface area contributed by atoms with Gasteiger partial charge in [-0.25, -0.2) is 9.97 Å². The molecule has 0 spiro atoms. The van der Waals surface area contributed by atoms with E-state index < -0.39 is 0 Å². The Morgan fingerprint density at radius 1 is 1.24 bits per heavy atom. The number of nitrogens with zero attached hydrogens (tertiary/aromatic N) is 5. The number of anilines is 2. The molecule has 0 fully saturated rings. The van der Waals surface area contributed by atoms with E-state index in [4.69, 9.17) is 11.1 Å². The van der Waals surface area contributed by atoms with Crippen LogP contribution in [0.5, 0.6) is 0 Å². The fraction of sp³-hybridized carbons (Fsp3) is 0.235. The predicted octanol–water partition coefficient (Wildman–Crippen LogP) is 1.29. The number of rotatable bonds is 3. The minimum Gasteiger partial charge on any atom is -0.382 e. The number of aryl methyl sites for hydroxylation is 2. The van der Waals surface area contributed by atoms with Crippen LogP contribution in [0.15, 0.2) is 30.3 Å². The molecule has 0 aliphatic rings. The van der Waals surface area contributed by atoms with E-state index >= 15 is 0 Å². The van der Waals surface area contributed by atoms with Gasteiger partial charge in [0.25, 0.3) is 0 Å². The number of amides is 1. The van der Waals surface area contributed by atoms with Crippen LogP contribution >= 0.6 is 0 Å². The first-order valence-electron chi connectivity index (χ1n) is 7.76. The summed E-state index contributed by atoms with van der Waals surface area (Å²) >= 11 is 0. The van der Waals surface area contributed by atoms with E-state index in [2.05, 4.69) is 15.0 Å². The van der Waals surface area contributed by atoms with Crippen LogP contribution in [0.4, 0.5) is 11.5 Å². The highest BCUT2D eigenvalue weighted by molar-refractivity contribution is 5.91. The monoisotopic (exact) mass is 337 g/mol. The molecule has 0 unspecified atom stereocenters. The Kier molecular flexibility index (Phi) is 4.18. The molecule has 0 saturated heterocycles. The van der Waals surface area contributed by atoms with Gasteiger partial charge in [-0.1, -0.05) is 18.2 Å². The second kappa shape index (κ2) is 6.31. The molecule has 8 heteroatoms. The second-order valence-electron chi connectivity index (χ2n) is 5.75. The van der Waals surface area contributed by atoms with Gasteiger partial charge in [0.1, 0.15) is 5.52 Å². The number of para-hydroxylation sites is 1. The number of carbonyl (C=O) groups is 1. The van der Waals surface area contributed by atoms with Crippen molar-refractivity contribution in [2.45, 2.75) is 20.4 Å². The number of nitrogens with two attached hydrogens (primary N) is 1. The minimum atomic E-state index is -0.0920. The smallest absolute Gasteiger partial charge is 0.225 e. The number of fused-ring (bicyclic) bond motifs is 1. The summed E-state index contributed by atoms with van der Waals surface area (Å²) in [4.78, 5) is 26.8. The average molecular weight is 337 g/mol. The van der Waals surface area contributed by atoms with Crippen molar-refractivity contribution in [3.8, 4) is 0 Å². The maximum atomic E-state index is 12.1. The molecule has 0 aliphatic carbocycles. The molecule has 3 N–H and O–H groups in total. The van der Waals surface area contributed by atoms with Crippen LogP contribution < -0.4 is 16.3 Å². The average Bonchev–Trinajstić information content (AvgIpc) is 2.58. The maximum Gasteiger partial charge on any atom is 0.225 e. The number of hydrogen-bond acceptors (Lipinski definition) is 6. The van der Waals surface area contributed by atoms with Crippen LogP contribution in [-0.4, -0.2) is 25.4 Å². The summed E-state index contributed by atoms with van der Waals surface area (Å²) in [7, 11) is 1.69. The van der Waals surface area contributed by atoms with E-state index in [1.165, 1.54) is 11.5 Å². The highest BCUT2D eigenvalue weighted by Crippen LogP contribution is 2.20. The van der Waals surface area contributed by atoms with E-state index in [0.29, 0.717) is 22.6 Å². The molecule has 0 aliphatic heterocycles. The zero-order valence-electron chi connectivity index (χ0n) is 14.3. The van der Waals surface area contributed by atoms with Crippen LogP contribution in [0, 0.1) is 12.3 Å². The number of nitrogen functional groups attached to an aromatic ring is 1. The van der Waals surface area contributed by atoms with Gasteiger partial charge in [-0.15, -0.1) is 0 Å². The van der Waals surface area contributed by atoms with Gasteiger partial charge >= 0.3 is 0 Å². The summed E-state index contributed by atoms with van der Waals surface area (Å²) in [5, 5.41) is 7.80. The lowest BCUT2D eigenvalue weighted by molar-refractivity contribution is -0.116. The Hall–Kier alpha value is -3.29. The van der Waals surface area contributed by atoms with Crippen molar-refractivity contribution in [2.24, 2.45) is 7.05 Å². The molecule has 0 bridgehead atoms. The lowest BCUT2D eigenvalue weighted by atomic mass is 10.2. The van der Waals surface area contributed by atoms with Gasteiger partial charge in [-0.05, 0) is 19.1 Å². The van der Waals surface area contributed by atoms with Crippen LogP contribution in [0.1, 0.15) is 18.3 Å². The Morgan fingerprint density at radius 2 is 1.92 bits per heavy atom. The molecule has 2 heterocycles. The molecule has 128 valence electrons. The van der Waals surface area contributed by atoms with Gasteiger partial charge in [0.05, 0.1) is 17.9 Å². The third-order valence-electron chi connectivity index (χ3n) is 4.01. The Morgan fingerprint density at radius 3 is 2.56 bits per heavy atom. The summed E-state index contributed by atoms with van der Waals surface area (Å²) in [5.41, 5.74) is 8.95. The normalized spacial score (nSPS) is 10.8. The van der Waals surface area contributed by atoms with Crippen molar-refractivity contribution in [1.82, 2.24) is 19.5 Å². The van der Waals surface area contributed by atoms with Crippen LogP contribution in [0.2, 0.25) is 0 Å². The number of benzene rings is 1. The number of nitrogens with one attached hydrogen (secondary N) is 1. The van der Waals surface area contributed by atoms with Gasteiger partial charge in [-0.3, -0.25) is 14.8 Å². The number of aromatic nitrogens is 4. The number of hydrogen-bond donors (Lipinski definition) is 2. The van der Waals surface area contributed by atoms with E-state index in [1.54, 1.807) is 11.9 Å². The van der Waals surface area contributed by atoms with Gasteiger partial charge in [-0.2, -0.15) is 4.98 Å². The molecule has 8 nitrogen and oxygen atoms in total. The van der Waals surface area contributed by atoms with Crippen LogP contribution in [-0.2, 0) is 18.4 Å². The minimum absolute atomic E-state index is 0.0149. The molecule has 0 atom stereocenters. The van der Waals surface area contributed by atoms with Crippen LogP contribution in [0.3, 0.4) is 0 Å². The van der Waals surface area contributed by atoms with Gasteiger partial charge in [0.2, 0.25) is 11.5 Å². The molecule has 1 aromatic carbocycles. The molecule has 1 amide bonds. The van der Waals surface area contributed by atoms with E-state index in [-0.39, 0.29) is 23.9 Å². The zero-order valence-corrected chi connectivity index (χ0v) is 14.3. The van der Waals surface area contributed by atoms with Crippen molar-refractivity contribution in [3.63, 3.8) is 0 Å². The van der Waals surface area contributed by atoms with Crippen molar-refractivity contribution in [2.75, 3.05) is 10.6 Å². The molecular formula is C17H19N7O. The molecular weight excluding hydrogens is 318 g/mol. The topological polar surface area (TPSA) is 114 Å². The Bertz CT molecular complexity index is 1010. The highest BCUT2D eigenvalue weighted by Gasteiger charge is 2.17. The Labute approximate surface area is 144 Å². The maximum absolute atomic E-state index is 12.1. The quantitative estimate of drug-likeness (QED) is 0.747. The highest BCUT2D eigenvalue weighted by atomic mass is 16.2. The van der Waals surface area contributed by atoms with E-state index in [1.807, 2.05) is 37.3 Å². The third-order valence-corrected chi connectivity index (χ3v) is 4.01. The number of carbonyl (C=O) groups excluding carboxylic acids is 1. The summed E-state index contributed by atoms with van der Waals surface area (Å²) in [6.45, 7) is 3.62. The van der Waals surface area contributed by atoms with Crippen molar-refractivity contribution in [1.29, 1.82) is 5.41 Å². The van der Waals surface area contributed by atoms with Crippen molar-refractivity contribution in [3.05, 3.63) is 47.3 Å². The molecule has 3 aromatic rings. The Balaban J connectivity index is 2.11. The van der Waals surface area contributed by atoms with Crippen molar-refractivity contribution >= 4 is 28.6 Å². The predicted molar refractivity (Wildman–Crippen MR) is 94.6 cm³/mol. The molecule has 0 radical (unpaired) electrons. The first-order valence-corrected chi connectivity index (χ1v) is 7.76. The summed E-state index contributed by atoms with van der Waals surface area (Å²) < 4.78 is 1.52. The van der Waals surface area contributed by atoms with Crippen LogP contribution in [0.25, 0.3) is 11.2 Å². The zero-order chi connectivity index (χ0) is 18.1. The lowest BCUT2D eigenvalue weighted by Crippen LogP contribution is -2.29. The molecule has 25 heavy (non-hydrogen) atoms. The largest absolute Gasteiger partial charge is 0.382 e. The molecule has 0 saturated carbocycles. The first kappa shape index (κ1) is 16.6. The SMILES string of the molecule is CC(=O)N(Cc1nc2c(N)nc(=N)n(C)c2nc1C)c1ccccc1. The summed E-state index contributed by atoms with van der Waals surface area (Å²) in [6, 6.07) is 9.39. The fourth-order valence-electron chi connectivity index (χ4n) is 2.58. The summed E-state index contributed by atoms with van der Waals surface area (Å²) in [5.74, 6) is 0.0617. The fourth-order valence-corrected chi connectivity index (χ4v) is 2.58. The van der Waals surface area contributed by atoms with Crippen molar-refractivity contribution < 1.29 is 4.79 Å². The van der Waals surface area contributed by atoms with E-state index in [9.17, 15) is 4.79 Å². The molecule has 2 aromatic heterocycles. The lowest BCUT2D eigenvalue weighted by Gasteiger charge is -2.22. The van der Waals surface area contributed by atoms with Gasteiger partial charge in [0, 0.05) is 19.7 Å². The van der Waals surface area contributed by atoms with E-state index in [0.717, 1.165) is 5.69 Å².